The zero-order chi connectivity index (χ0) is 20.5. The Kier molecular flexibility index (Phi) is 8.06. The molecular formula is C23H32N2O4. The van der Waals surface area contributed by atoms with E-state index in [0.29, 0.717) is 30.3 Å². The highest BCUT2D eigenvalue weighted by Crippen LogP contribution is 2.28. The number of terminal acetylenes is 1. The molecule has 0 unspecified atom stereocenters. The number of carbonyl (C=O) groups excluding carboxylic acids is 1. The van der Waals surface area contributed by atoms with Crippen molar-refractivity contribution in [2.24, 2.45) is 0 Å². The molecule has 1 aromatic carbocycles. The summed E-state index contributed by atoms with van der Waals surface area (Å²) in [5.74, 6) is 3.65. The maximum atomic E-state index is 12.5. The second-order valence-corrected chi connectivity index (χ2v) is 7.72. The second kappa shape index (κ2) is 11.0. The van der Waals surface area contributed by atoms with Crippen molar-refractivity contribution in [2.45, 2.75) is 63.7 Å². The summed E-state index contributed by atoms with van der Waals surface area (Å²) in [7, 11) is 1.58. The first-order valence-electron chi connectivity index (χ1n) is 10.6. The Morgan fingerprint density at radius 2 is 1.86 bits per heavy atom. The molecule has 1 aromatic rings. The zero-order valence-electron chi connectivity index (χ0n) is 17.3. The minimum Gasteiger partial charge on any atom is -0.493 e. The van der Waals surface area contributed by atoms with Gasteiger partial charge in [-0.3, -0.25) is 0 Å². The average molecular weight is 401 g/mol. The van der Waals surface area contributed by atoms with E-state index in [-0.39, 0.29) is 12.6 Å². The van der Waals surface area contributed by atoms with Crippen LogP contribution < -0.4 is 14.8 Å². The fourth-order valence-electron chi connectivity index (χ4n) is 4.02. The number of nitrogens with one attached hydrogen (secondary N) is 1. The van der Waals surface area contributed by atoms with Gasteiger partial charge in [0.2, 0.25) is 0 Å². The lowest BCUT2D eigenvalue weighted by Crippen LogP contribution is -2.46. The van der Waals surface area contributed by atoms with E-state index < -0.39 is 0 Å². The lowest BCUT2D eigenvalue weighted by atomic mass is 9.97. The van der Waals surface area contributed by atoms with E-state index in [9.17, 15) is 4.79 Å². The zero-order valence-corrected chi connectivity index (χ0v) is 17.3. The van der Waals surface area contributed by atoms with Crippen LogP contribution in [0.1, 0.15) is 50.5 Å². The van der Waals surface area contributed by atoms with Crippen molar-refractivity contribution in [3.63, 3.8) is 0 Å². The van der Waals surface area contributed by atoms with Gasteiger partial charge in [-0.15, -0.1) is 6.42 Å². The van der Waals surface area contributed by atoms with Crippen molar-refractivity contribution in [1.82, 2.24) is 10.2 Å². The van der Waals surface area contributed by atoms with Crippen molar-refractivity contribution in [2.75, 3.05) is 26.8 Å². The van der Waals surface area contributed by atoms with E-state index >= 15 is 0 Å². The predicted molar refractivity (Wildman–Crippen MR) is 112 cm³/mol. The number of hydrogen-bond donors (Lipinski definition) is 1. The molecule has 158 valence electrons. The van der Waals surface area contributed by atoms with Gasteiger partial charge in [0.05, 0.1) is 19.3 Å². The number of urea groups is 1. The molecule has 29 heavy (non-hydrogen) atoms. The molecule has 2 amide bonds. The molecule has 2 fully saturated rings. The number of carbonyl (C=O) groups is 1. The van der Waals surface area contributed by atoms with E-state index in [1.54, 1.807) is 7.11 Å². The van der Waals surface area contributed by atoms with Crippen LogP contribution in [0.5, 0.6) is 11.5 Å². The van der Waals surface area contributed by atoms with Crippen LogP contribution in [0, 0.1) is 12.3 Å². The number of benzene rings is 1. The van der Waals surface area contributed by atoms with E-state index in [2.05, 4.69) is 11.2 Å². The van der Waals surface area contributed by atoms with Crippen LogP contribution in [0.15, 0.2) is 18.2 Å². The summed E-state index contributed by atoms with van der Waals surface area (Å²) < 4.78 is 17.1. The monoisotopic (exact) mass is 400 g/mol. The van der Waals surface area contributed by atoms with Gasteiger partial charge in [0.25, 0.3) is 0 Å². The largest absolute Gasteiger partial charge is 0.493 e. The molecule has 6 heteroatoms. The number of nitrogens with zero attached hydrogens (tertiary/aromatic N) is 1. The van der Waals surface area contributed by atoms with E-state index in [4.69, 9.17) is 20.6 Å². The van der Waals surface area contributed by atoms with Crippen LogP contribution in [-0.2, 0) is 11.3 Å². The molecule has 3 rings (SSSR count). The standard InChI is InChI=1S/C23H32N2O4/c1-3-15-28-22-16-18(9-10-21(22)27-2)17-24-23(26)25-13-11-20(12-14-25)29-19-7-5-4-6-8-19/h1,9-10,16,19-20H,4-8,11-15,17H2,2H3,(H,24,26). The molecule has 1 aliphatic carbocycles. The third-order valence-corrected chi connectivity index (χ3v) is 5.65. The number of rotatable bonds is 7. The SMILES string of the molecule is C#CCOc1cc(CNC(=O)N2CCC(OC3CCCCC3)CC2)ccc1OC. The third-order valence-electron chi connectivity index (χ3n) is 5.65. The Morgan fingerprint density at radius 1 is 1.14 bits per heavy atom. The highest BCUT2D eigenvalue weighted by Gasteiger charge is 2.26. The maximum absolute atomic E-state index is 12.5. The molecule has 0 radical (unpaired) electrons. The maximum Gasteiger partial charge on any atom is 0.317 e. The topological polar surface area (TPSA) is 60.0 Å². The Bertz CT molecular complexity index is 701. The minimum atomic E-state index is -0.0389. The van der Waals surface area contributed by atoms with Crippen LogP contribution in [-0.4, -0.2) is 49.9 Å². The van der Waals surface area contributed by atoms with E-state index in [1.165, 1.54) is 32.1 Å². The normalized spacial score (nSPS) is 18.1. The summed E-state index contributed by atoms with van der Waals surface area (Å²) in [6.07, 6.45) is 14.1. The van der Waals surface area contributed by atoms with Crippen molar-refractivity contribution < 1.29 is 19.0 Å². The number of methoxy groups -OCH3 is 1. The van der Waals surface area contributed by atoms with Gasteiger partial charge < -0.3 is 24.4 Å². The average Bonchev–Trinajstić information content (AvgIpc) is 2.77. The molecule has 2 aliphatic rings. The van der Waals surface area contributed by atoms with Gasteiger partial charge in [-0.1, -0.05) is 31.2 Å². The summed E-state index contributed by atoms with van der Waals surface area (Å²) in [5.41, 5.74) is 0.932. The summed E-state index contributed by atoms with van der Waals surface area (Å²) in [6, 6.07) is 5.54. The first-order chi connectivity index (χ1) is 14.2. The molecular weight excluding hydrogens is 368 g/mol. The number of likely N-dealkylation sites (tertiary alicyclic amines) is 1. The molecule has 0 bridgehead atoms. The Morgan fingerprint density at radius 3 is 2.55 bits per heavy atom. The molecule has 1 heterocycles. The summed E-state index contributed by atoms with van der Waals surface area (Å²) >= 11 is 0. The van der Waals surface area contributed by atoms with E-state index in [0.717, 1.165) is 31.5 Å². The van der Waals surface area contributed by atoms with Crippen LogP contribution in [0.2, 0.25) is 0 Å². The highest BCUT2D eigenvalue weighted by atomic mass is 16.5. The third kappa shape index (κ3) is 6.30. The first-order valence-corrected chi connectivity index (χ1v) is 10.6. The molecule has 1 aliphatic heterocycles. The number of amides is 2. The fraction of sp³-hybridized carbons (Fsp3) is 0.609. The molecule has 1 N–H and O–H groups in total. The van der Waals surface area contributed by atoms with Gasteiger partial charge in [0, 0.05) is 19.6 Å². The lowest BCUT2D eigenvalue weighted by molar-refractivity contribution is -0.0514. The molecule has 0 atom stereocenters. The summed E-state index contributed by atoms with van der Waals surface area (Å²) in [5, 5.41) is 3.00. The van der Waals surface area contributed by atoms with Gasteiger partial charge in [-0.2, -0.15) is 0 Å². The van der Waals surface area contributed by atoms with Gasteiger partial charge >= 0.3 is 6.03 Å². The van der Waals surface area contributed by atoms with Crippen LogP contribution in [0.25, 0.3) is 0 Å². The second-order valence-electron chi connectivity index (χ2n) is 7.72. The predicted octanol–water partition coefficient (Wildman–Crippen LogP) is 3.73. The molecule has 1 saturated heterocycles. The van der Waals surface area contributed by atoms with Crippen molar-refractivity contribution in [3.8, 4) is 23.8 Å². The molecule has 0 aromatic heterocycles. The van der Waals surface area contributed by atoms with Crippen molar-refractivity contribution in [1.29, 1.82) is 0 Å². The Hall–Kier alpha value is -2.39. The van der Waals surface area contributed by atoms with Gasteiger partial charge in [-0.05, 0) is 43.4 Å². The molecule has 0 spiro atoms. The minimum absolute atomic E-state index is 0.0389. The summed E-state index contributed by atoms with van der Waals surface area (Å²) in [4.78, 5) is 14.4. The number of piperidine rings is 1. The molecule has 6 nitrogen and oxygen atoms in total. The van der Waals surface area contributed by atoms with Crippen molar-refractivity contribution in [3.05, 3.63) is 23.8 Å². The number of hydrogen-bond acceptors (Lipinski definition) is 4. The number of ether oxygens (including phenoxy) is 3. The Labute approximate surface area is 173 Å². The van der Waals surface area contributed by atoms with Crippen LogP contribution in [0.4, 0.5) is 4.79 Å². The highest BCUT2D eigenvalue weighted by molar-refractivity contribution is 5.74. The summed E-state index contributed by atoms with van der Waals surface area (Å²) in [6.45, 7) is 2.07. The fourth-order valence-corrected chi connectivity index (χ4v) is 4.02. The lowest BCUT2D eigenvalue weighted by Gasteiger charge is -2.35. The van der Waals surface area contributed by atoms with Gasteiger partial charge in [-0.25, -0.2) is 4.79 Å². The van der Waals surface area contributed by atoms with E-state index in [1.807, 2.05) is 23.1 Å². The quantitative estimate of drug-likeness (QED) is 0.709. The molecule has 1 saturated carbocycles. The van der Waals surface area contributed by atoms with Crippen LogP contribution in [0.3, 0.4) is 0 Å². The van der Waals surface area contributed by atoms with Gasteiger partial charge in [0.15, 0.2) is 11.5 Å². The van der Waals surface area contributed by atoms with Gasteiger partial charge in [0.1, 0.15) is 6.61 Å². The van der Waals surface area contributed by atoms with Crippen molar-refractivity contribution >= 4 is 6.03 Å². The first kappa shape index (κ1) is 21.3. The Balaban J connectivity index is 1.43. The van der Waals surface area contributed by atoms with Crippen LogP contribution >= 0.6 is 0 Å². The smallest absolute Gasteiger partial charge is 0.317 e.